The Bertz CT molecular complexity index is 813. The van der Waals surface area contributed by atoms with Crippen LogP contribution in [-0.2, 0) is 0 Å². The zero-order valence-electron chi connectivity index (χ0n) is 21.6. The number of aliphatic hydroxyl groups is 3. The minimum absolute atomic E-state index is 0.0272. The van der Waals surface area contributed by atoms with Gasteiger partial charge in [-0.3, -0.25) is 0 Å². The van der Waals surface area contributed by atoms with E-state index in [1.54, 1.807) is 5.57 Å². The van der Waals surface area contributed by atoms with E-state index < -0.39 is 17.8 Å². The highest BCUT2D eigenvalue weighted by atomic mass is 16.3. The molecule has 4 saturated carbocycles. The summed E-state index contributed by atoms with van der Waals surface area (Å²) in [6.07, 6.45) is 10.2. The molecule has 3 heteroatoms. The Hall–Kier alpha value is -0.380. The highest BCUT2D eigenvalue weighted by molar-refractivity contribution is 5.34. The summed E-state index contributed by atoms with van der Waals surface area (Å²) in [5.41, 5.74) is 0.993. The van der Waals surface area contributed by atoms with E-state index in [0.29, 0.717) is 36.0 Å². The van der Waals surface area contributed by atoms with Crippen LogP contribution in [0.4, 0.5) is 0 Å². The summed E-state index contributed by atoms with van der Waals surface area (Å²) < 4.78 is 0. The molecule has 0 heterocycles. The Kier molecular flexibility index (Phi) is 5.00. The van der Waals surface area contributed by atoms with E-state index in [-0.39, 0.29) is 21.7 Å². The molecule has 0 aromatic rings. The zero-order chi connectivity index (χ0) is 23.5. The molecule has 0 aromatic heterocycles. The molecular formula is C29H48O3. The summed E-state index contributed by atoms with van der Waals surface area (Å²) in [6, 6.07) is 0. The zero-order valence-corrected chi connectivity index (χ0v) is 21.6. The summed E-state index contributed by atoms with van der Waals surface area (Å²) >= 11 is 0. The lowest BCUT2D eigenvalue weighted by Crippen LogP contribution is -2.67. The number of hydrogen-bond acceptors (Lipinski definition) is 3. The Morgan fingerprint density at radius 2 is 1.56 bits per heavy atom. The van der Waals surface area contributed by atoms with Crippen molar-refractivity contribution >= 4 is 0 Å². The van der Waals surface area contributed by atoms with Crippen LogP contribution in [0.25, 0.3) is 0 Å². The topological polar surface area (TPSA) is 60.7 Å². The lowest BCUT2D eigenvalue weighted by molar-refractivity contribution is -0.232. The minimum atomic E-state index is -0.637. The summed E-state index contributed by atoms with van der Waals surface area (Å²) in [5.74, 6) is 2.20. The molecule has 5 aliphatic carbocycles. The van der Waals surface area contributed by atoms with Gasteiger partial charge in [-0.1, -0.05) is 53.2 Å². The quantitative estimate of drug-likeness (QED) is 0.419. The summed E-state index contributed by atoms with van der Waals surface area (Å²) in [6.45, 7) is 16.3. The molecular weight excluding hydrogens is 396 g/mol. The van der Waals surface area contributed by atoms with Gasteiger partial charge in [-0.2, -0.15) is 0 Å². The molecule has 0 aromatic carbocycles. The van der Waals surface area contributed by atoms with Crippen LogP contribution in [0.15, 0.2) is 11.6 Å². The fourth-order valence-electron chi connectivity index (χ4n) is 10.6. The number of rotatable bonds is 0. The molecule has 5 aliphatic rings. The molecule has 32 heavy (non-hydrogen) atoms. The van der Waals surface area contributed by atoms with Crippen LogP contribution < -0.4 is 0 Å². The number of aliphatic hydroxyl groups excluding tert-OH is 2. The molecule has 4 fully saturated rings. The van der Waals surface area contributed by atoms with Gasteiger partial charge in [-0.05, 0) is 104 Å². The van der Waals surface area contributed by atoms with Gasteiger partial charge in [0, 0.05) is 5.92 Å². The maximum absolute atomic E-state index is 11.7. The largest absolute Gasteiger partial charge is 0.390 e. The standard InChI is InChI=1S/C29H48O3/c1-17-8-9-18-12-14-27(5)19(23(18)29(17,7)32)10-11-22-26(4)16-20(30)24(31)25(2,3)21(26)13-15-28(22,27)6/h10,17-18,20-24,30-32H,8-9,11-16H2,1-7H3/t17-,18-,20-,21+,22+,23-,24-,26+,27-,28-,29-/m1/s1. The average Bonchev–Trinajstić information content (AvgIpc) is 2.69. The molecule has 11 atom stereocenters. The van der Waals surface area contributed by atoms with E-state index in [4.69, 9.17) is 0 Å². The second kappa shape index (κ2) is 6.85. The van der Waals surface area contributed by atoms with E-state index in [2.05, 4.69) is 54.5 Å². The first-order valence-corrected chi connectivity index (χ1v) is 13.5. The number of fused-ring (bicyclic) bond motifs is 7. The first-order chi connectivity index (χ1) is 14.7. The predicted octanol–water partition coefficient (Wildman–Crippen LogP) is 5.72. The normalized spacial score (nSPS) is 59.2. The molecule has 0 bridgehead atoms. The predicted molar refractivity (Wildman–Crippen MR) is 129 cm³/mol. The molecule has 182 valence electrons. The molecule has 0 unspecified atom stereocenters. The number of allylic oxidation sites excluding steroid dienone is 1. The van der Waals surface area contributed by atoms with Gasteiger partial charge in [0.2, 0.25) is 0 Å². The summed E-state index contributed by atoms with van der Waals surface area (Å²) in [7, 11) is 0. The van der Waals surface area contributed by atoms with Crippen LogP contribution >= 0.6 is 0 Å². The minimum Gasteiger partial charge on any atom is -0.390 e. The van der Waals surface area contributed by atoms with E-state index in [1.165, 1.54) is 25.7 Å². The van der Waals surface area contributed by atoms with Crippen molar-refractivity contribution in [2.75, 3.05) is 0 Å². The Labute approximate surface area is 196 Å². The van der Waals surface area contributed by atoms with Crippen molar-refractivity contribution in [2.24, 2.45) is 51.2 Å². The van der Waals surface area contributed by atoms with Crippen LogP contribution in [0.3, 0.4) is 0 Å². The van der Waals surface area contributed by atoms with Gasteiger partial charge < -0.3 is 15.3 Å². The summed E-state index contributed by atoms with van der Waals surface area (Å²) in [4.78, 5) is 0. The van der Waals surface area contributed by atoms with Gasteiger partial charge in [-0.25, -0.2) is 0 Å². The summed E-state index contributed by atoms with van der Waals surface area (Å²) in [5, 5.41) is 33.6. The van der Waals surface area contributed by atoms with Crippen LogP contribution in [0.1, 0.15) is 99.8 Å². The van der Waals surface area contributed by atoms with Crippen molar-refractivity contribution in [1.82, 2.24) is 0 Å². The van der Waals surface area contributed by atoms with Crippen molar-refractivity contribution in [2.45, 2.75) is 118 Å². The molecule has 0 amide bonds. The molecule has 0 spiro atoms. The van der Waals surface area contributed by atoms with Gasteiger partial charge in [0.25, 0.3) is 0 Å². The van der Waals surface area contributed by atoms with Crippen molar-refractivity contribution in [1.29, 1.82) is 0 Å². The van der Waals surface area contributed by atoms with Gasteiger partial charge in [-0.15, -0.1) is 0 Å². The van der Waals surface area contributed by atoms with Gasteiger partial charge in [0.15, 0.2) is 0 Å². The van der Waals surface area contributed by atoms with E-state index in [1.807, 2.05) is 0 Å². The molecule has 0 radical (unpaired) electrons. The molecule has 0 saturated heterocycles. The van der Waals surface area contributed by atoms with Gasteiger partial charge in [0.1, 0.15) is 0 Å². The third-order valence-electron chi connectivity index (χ3n) is 12.9. The Morgan fingerprint density at radius 3 is 2.25 bits per heavy atom. The molecule has 3 nitrogen and oxygen atoms in total. The van der Waals surface area contributed by atoms with Crippen molar-refractivity contribution in [3.8, 4) is 0 Å². The smallest absolute Gasteiger partial charge is 0.0852 e. The van der Waals surface area contributed by atoms with Crippen LogP contribution in [0, 0.1) is 51.2 Å². The van der Waals surface area contributed by atoms with Crippen molar-refractivity contribution in [3.05, 3.63) is 11.6 Å². The average molecular weight is 445 g/mol. The Balaban J connectivity index is 1.60. The highest BCUT2D eigenvalue weighted by Gasteiger charge is 2.68. The first kappa shape index (κ1) is 23.4. The van der Waals surface area contributed by atoms with E-state index >= 15 is 0 Å². The molecule has 3 N–H and O–H groups in total. The van der Waals surface area contributed by atoms with E-state index in [0.717, 1.165) is 19.3 Å². The van der Waals surface area contributed by atoms with Crippen LogP contribution in [0.2, 0.25) is 0 Å². The third-order valence-corrected chi connectivity index (χ3v) is 12.9. The fourth-order valence-corrected chi connectivity index (χ4v) is 10.6. The van der Waals surface area contributed by atoms with Crippen LogP contribution in [0.5, 0.6) is 0 Å². The molecule has 5 rings (SSSR count). The second-order valence-electron chi connectivity index (χ2n) is 14.3. The maximum Gasteiger partial charge on any atom is 0.0852 e. The third kappa shape index (κ3) is 2.65. The van der Waals surface area contributed by atoms with Gasteiger partial charge >= 0.3 is 0 Å². The number of hydrogen-bond donors (Lipinski definition) is 3. The first-order valence-electron chi connectivity index (χ1n) is 13.5. The van der Waals surface area contributed by atoms with Gasteiger partial charge in [0.05, 0.1) is 17.8 Å². The van der Waals surface area contributed by atoms with E-state index in [9.17, 15) is 15.3 Å². The highest BCUT2D eigenvalue weighted by Crippen LogP contribution is 2.74. The lowest BCUT2D eigenvalue weighted by Gasteiger charge is -2.71. The van der Waals surface area contributed by atoms with Crippen molar-refractivity contribution < 1.29 is 15.3 Å². The second-order valence-corrected chi connectivity index (χ2v) is 14.3. The van der Waals surface area contributed by atoms with Crippen LogP contribution in [-0.4, -0.2) is 33.1 Å². The fraction of sp³-hybridized carbons (Fsp3) is 0.931. The lowest BCUT2D eigenvalue weighted by atomic mass is 9.34. The Morgan fingerprint density at radius 1 is 0.875 bits per heavy atom. The maximum atomic E-state index is 11.7. The van der Waals surface area contributed by atoms with Crippen molar-refractivity contribution in [3.63, 3.8) is 0 Å². The molecule has 0 aliphatic heterocycles. The monoisotopic (exact) mass is 444 g/mol. The SMILES string of the molecule is C[C@@H]1CC[C@@H]2CC[C@]3(C)C(=CC[C@H]4[C@@]5(C)C[C@@H](O)[C@@H](O)C(C)(C)[C@@H]5CC[C@]43C)[C@@H]2[C@]1(C)O.